The Morgan fingerprint density at radius 1 is 1.50 bits per heavy atom. The van der Waals surface area contributed by atoms with Crippen LogP contribution >= 0.6 is 0 Å². The van der Waals surface area contributed by atoms with Crippen molar-refractivity contribution in [1.82, 2.24) is 14.9 Å². The number of nitrogens with one attached hydrogen (secondary N) is 2. The number of benzene rings is 1. The molecular formula is C11H13FN4O3S. The Morgan fingerprint density at radius 2 is 2.25 bits per heavy atom. The van der Waals surface area contributed by atoms with Crippen LogP contribution in [0.4, 0.5) is 10.1 Å². The number of nitrogen functional groups attached to an aromatic ring is 1. The number of hydrogen-bond donors (Lipinski definition) is 3. The van der Waals surface area contributed by atoms with Crippen molar-refractivity contribution in [2.45, 2.75) is 11.4 Å². The van der Waals surface area contributed by atoms with Crippen molar-refractivity contribution in [3.05, 3.63) is 35.9 Å². The molecule has 1 aromatic carbocycles. The summed E-state index contributed by atoms with van der Waals surface area (Å²) in [6.45, 7) is 0.0341. The number of ether oxygens (including phenoxy) is 1. The lowest BCUT2D eigenvalue weighted by Crippen LogP contribution is -2.23. The molecule has 0 radical (unpaired) electrons. The zero-order valence-electron chi connectivity index (χ0n) is 10.6. The van der Waals surface area contributed by atoms with Crippen LogP contribution in [0.1, 0.15) is 5.56 Å². The van der Waals surface area contributed by atoms with Crippen molar-refractivity contribution in [3.63, 3.8) is 0 Å². The third kappa shape index (κ3) is 2.89. The molecule has 0 unspecified atom stereocenters. The molecule has 108 valence electrons. The van der Waals surface area contributed by atoms with Crippen LogP contribution in [-0.2, 0) is 16.6 Å². The Bertz CT molecular complexity index is 677. The monoisotopic (exact) mass is 300 g/mol. The van der Waals surface area contributed by atoms with E-state index in [2.05, 4.69) is 14.9 Å². The standard InChI is InChI=1S/C11H13FN4O3S/c1-19-11-9(12)2-8(3-10(11)13)20(17,18)16-6-7-4-14-15-5-7/h2-5,16H,6,13H2,1H3,(H,14,15). The second kappa shape index (κ2) is 5.47. The van der Waals surface area contributed by atoms with Crippen molar-refractivity contribution in [2.24, 2.45) is 0 Å². The lowest BCUT2D eigenvalue weighted by molar-refractivity contribution is 0.388. The minimum Gasteiger partial charge on any atom is -0.492 e. The number of aromatic amines is 1. The average molecular weight is 300 g/mol. The van der Waals surface area contributed by atoms with Crippen molar-refractivity contribution >= 4 is 15.7 Å². The van der Waals surface area contributed by atoms with Gasteiger partial charge in [-0.05, 0) is 12.1 Å². The van der Waals surface area contributed by atoms with E-state index in [1.807, 2.05) is 0 Å². The molecule has 0 aliphatic rings. The van der Waals surface area contributed by atoms with E-state index >= 15 is 0 Å². The Labute approximate surface area is 115 Å². The third-order valence-corrected chi connectivity index (χ3v) is 3.96. The first-order valence-electron chi connectivity index (χ1n) is 5.54. The Kier molecular flexibility index (Phi) is 3.91. The summed E-state index contributed by atoms with van der Waals surface area (Å²) in [5.74, 6) is -1.02. The van der Waals surface area contributed by atoms with E-state index in [1.54, 1.807) is 6.20 Å². The van der Waals surface area contributed by atoms with Gasteiger partial charge in [-0.25, -0.2) is 17.5 Å². The molecule has 9 heteroatoms. The van der Waals surface area contributed by atoms with E-state index in [0.29, 0.717) is 5.56 Å². The van der Waals surface area contributed by atoms with Crippen LogP contribution < -0.4 is 15.2 Å². The van der Waals surface area contributed by atoms with Gasteiger partial charge in [-0.1, -0.05) is 0 Å². The molecule has 0 saturated carbocycles. The molecule has 0 saturated heterocycles. The highest BCUT2D eigenvalue weighted by molar-refractivity contribution is 7.89. The van der Waals surface area contributed by atoms with Gasteiger partial charge in [0.05, 0.1) is 23.9 Å². The Morgan fingerprint density at radius 3 is 2.80 bits per heavy atom. The normalized spacial score (nSPS) is 11.5. The lowest BCUT2D eigenvalue weighted by atomic mass is 10.3. The number of aromatic nitrogens is 2. The van der Waals surface area contributed by atoms with Crippen LogP contribution in [0.5, 0.6) is 5.75 Å². The molecule has 2 aromatic rings. The lowest BCUT2D eigenvalue weighted by Gasteiger charge is -2.10. The zero-order chi connectivity index (χ0) is 14.8. The fraction of sp³-hybridized carbons (Fsp3) is 0.182. The smallest absolute Gasteiger partial charge is 0.241 e. The molecule has 0 bridgehead atoms. The van der Waals surface area contributed by atoms with Gasteiger partial charge in [0.15, 0.2) is 11.6 Å². The Hall–Kier alpha value is -2.13. The minimum atomic E-state index is -3.87. The Balaban J connectivity index is 2.25. The molecule has 2 rings (SSSR count). The number of nitrogens with two attached hydrogens (primary N) is 1. The first-order chi connectivity index (χ1) is 9.44. The summed E-state index contributed by atoms with van der Waals surface area (Å²) in [4.78, 5) is -0.267. The van der Waals surface area contributed by atoms with Crippen LogP contribution in [0.2, 0.25) is 0 Å². The van der Waals surface area contributed by atoms with Crippen molar-refractivity contribution in [3.8, 4) is 5.75 Å². The van der Waals surface area contributed by atoms with Crippen molar-refractivity contribution < 1.29 is 17.5 Å². The van der Waals surface area contributed by atoms with Gasteiger partial charge in [0.1, 0.15) is 0 Å². The van der Waals surface area contributed by atoms with Crippen LogP contribution in [0, 0.1) is 5.82 Å². The van der Waals surface area contributed by atoms with E-state index < -0.39 is 15.8 Å². The van der Waals surface area contributed by atoms with E-state index in [4.69, 9.17) is 10.5 Å². The molecule has 0 amide bonds. The number of halogens is 1. The number of rotatable bonds is 5. The molecule has 1 heterocycles. The summed E-state index contributed by atoms with van der Waals surface area (Å²) in [5, 5.41) is 6.25. The van der Waals surface area contributed by atoms with Gasteiger partial charge < -0.3 is 10.5 Å². The molecular weight excluding hydrogens is 287 g/mol. The number of nitrogens with zero attached hydrogens (tertiary/aromatic N) is 1. The third-order valence-electron chi connectivity index (χ3n) is 2.58. The first-order valence-corrected chi connectivity index (χ1v) is 7.02. The molecule has 0 aliphatic heterocycles. The maximum Gasteiger partial charge on any atom is 0.241 e. The number of methoxy groups -OCH3 is 1. The SMILES string of the molecule is COc1c(N)cc(S(=O)(=O)NCc2cn[nH]c2)cc1F. The van der Waals surface area contributed by atoms with Crippen LogP contribution in [0.3, 0.4) is 0 Å². The van der Waals surface area contributed by atoms with E-state index in [-0.39, 0.29) is 22.9 Å². The maximum absolute atomic E-state index is 13.6. The van der Waals surface area contributed by atoms with Gasteiger partial charge in [-0.2, -0.15) is 5.10 Å². The van der Waals surface area contributed by atoms with E-state index in [0.717, 1.165) is 12.1 Å². The van der Waals surface area contributed by atoms with Gasteiger partial charge in [-0.15, -0.1) is 0 Å². The fourth-order valence-corrected chi connectivity index (χ4v) is 2.66. The molecule has 0 spiro atoms. The highest BCUT2D eigenvalue weighted by Crippen LogP contribution is 2.28. The van der Waals surface area contributed by atoms with Gasteiger partial charge >= 0.3 is 0 Å². The number of hydrogen-bond acceptors (Lipinski definition) is 5. The largest absolute Gasteiger partial charge is 0.492 e. The van der Waals surface area contributed by atoms with Gasteiger partial charge in [-0.3, -0.25) is 5.10 Å². The van der Waals surface area contributed by atoms with E-state index in [1.165, 1.54) is 13.3 Å². The number of sulfonamides is 1. The van der Waals surface area contributed by atoms with Gasteiger partial charge in [0.25, 0.3) is 0 Å². The molecule has 0 atom stereocenters. The summed E-state index contributed by atoms with van der Waals surface area (Å²) in [6.07, 6.45) is 3.02. The summed E-state index contributed by atoms with van der Waals surface area (Å²) in [5.41, 5.74) is 6.11. The summed E-state index contributed by atoms with van der Waals surface area (Å²) in [7, 11) is -2.62. The second-order valence-corrected chi connectivity index (χ2v) is 5.73. The highest BCUT2D eigenvalue weighted by Gasteiger charge is 2.19. The minimum absolute atomic E-state index is 0.0341. The number of H-pyrrole nitrogens is 1. The summed E-state index contributed by atoms with van der Waals surface area (Å²) >= 11 is 0. The van der Waals surface area contributed by atoms with Crippen LogP contribution in [0.15, 0.2) is 29.4 Å². The predicted octanol–water partition coefficient (Wildman–Crippen LogP) is 0.618. The molecule has 0 fully saturated rings. The van der Waals surface area contributed by atoms with E-state index in [9.17, 15) is 12.8 Å². The first kappa shape index (κ1) is 14.3. The van der Waals surface area contributed by atoms with Crippen LogP contribution in [0.25, 0.3) is 0 Å². The fourth-order valence-electron chi connectivity index (χ4n) is 1.60. The predicted molar refractivity (Wildman–Crippen MR) is 70.0 cm³/mol. The molecule has 4 N–H and O–H groups in total. The van der Waals surface area contributed by atoms with Crippen LogP contribution in [-0.4, -0.2) is 25.7 Å². The van der Waals surface area contributed by atoms with Crippen molar-refractivity contribution in [1.29, 1.82) is 0 Å². The quantitative estimate of drug-likeness (QED) is 0.701. The topological polar surface area (TPSA) is 110 Å². The van der Waals surface area contributed by atoms with Crippen molar-refractivity contribution in [2.75, 3.05) is 12.8 Å². The van der Waals surface area contributed by atoms with Gasteiger partial charge in [0.2, 0.25) is 10.0 Å². The summed E-state index contributed by atoms with van der Waals surface area (Å²) in [6, 6.07) is 1.99. The summed E-state index contributed by atoms with van der Waals surface area (Å²) < 4.78 is 44.7. The molecule has 20 heavy (non-hydrogen) atoms. The maximum atomic E-state index is 13.6. The molecule has 0 aliphatic carbocycles. The van der Waals surface area contributed by atoms with Gasteiger partial charge in [0, 0.05) is 18.3 Å². The molecule has 7 nitrogen and oxygen atoms in total. The molecule has 1 aromatic heterocycles. The second-order valence-electron chi connectivity index (χ2n) is 3.96. The zero-order valence-corrected chi connectivity index (χ0v) is 11.4. The average Bonchev–Trinajstić information content (AvgIpc) is 2.89. The number of anilines is 1. The highest BCUT2D eigenvalue weighted by atomic mass is 32.2.